The zero-order valence-corrected chi connectivity index (χ0v) is 50.1. The molecule has 0 heterocycles. The standard InChI is InChI=1S/C72H114O6/c1-4-7-10-13-16-18-20-22-24-26-28-30-31-32-33-34-35-36-37-38-39-40-41-43-44-46-48-50-52-54-56-59-62-65-71(74)77-68-69(67-76-70(73)64-61-58-15-12-9-6-3)78-72(75)66-63-60-57-55-53-51-49-47-45-42-29-27-25-23-21-19-17-14-11-8-5-2/h7,10,16,18,21-24,27-30,32-33,35-36,38-39,41,43,45-48,52,54,69H,4-6,8-9,11-15,17,19-20,25-26,31,34,37,40,42,44,49-51,53,55-68H2,1-3H3/b10-7-,18-16-,23-21-,24-22-,29-27-,30-28-,33-32-,36-35-,39-38-,43-41-,47-45-,48-46-,54-52-. The van der Waals surface area contributed by atoms with Gasteiger partial charge in [-0.05, 0) is 135 Å². The predicted octanol–water partition coefficient (Wildman–Crippen LogP) is 21.7. The van der Waals surface area contributed by atoms with Crippen LogP contribution in [-0.2, 0) is 28.6 Å². The number of allylic oxidation sites excluding steroid dienone is 26. The van der Waals surface area contributed by atoms with Gasteiger partial charge < -0.3 is 14.2 Å². The van der Waals surface area contributed by atoms with Crippen LogP contribution in [0.1, 0.15) is 258 Å². The lowest BCUT2D eigenvalue weighted by Crippen LogP contribution is -2.30. The Morgan fingerprint density at radius 1 is 0.269 bits per heavy atom. The molecule has 0 aliphatic carbocycles. The second kappa shape index (κ2) is 64.6. The van der Waals surface area contributed by atoms with E-state index < -0.39 is 6.10 Å². The number of rotatable bonds is 55. The maximum Gasteiger partial charge on any atom is 0.306 e. The summed E-state index contributed by atoms with van der Waals surface area (Å²) in [6.45, 7) is 6.39. The second-order valence-electron chi connectivity index (χ2n) is 20.2. The highest BCUT2D eigenvalue weighted by Gasteiger charge is 2.19. The molecule has 0 saturated heterocycles. The van der Waals surface area contributed by atoms with Crippen LogP contribution in [0.5, 0.6) is 0 Å². The van der Waals surface area contributed by atoms with E-state index in [9.17, 15) is 14.4 Å². The van der Waals surface area contributed by atoms with Crippen molar-refractivity contribution in [3.63, 3.8) is 0 Å². The summed E-state index contributed by atoms with van der Waals surface area (Å²) in [6.07, 6.45) is 94.2. The summed E-state index contributed by atoms with van der Waals surface area (Å²) in [5.74, 6) is -0.977. The average molecular weight is 1080 g/mol. The molecule has 0 saturated carbocycles. The number of hydrogen-bond acceptors (Lipinski definition) is 6. The topological polar surface area (TPSA) is 78.9 Å². The fourth-order valence-corrected chi connectivity index (χ4v) is 8.06. The van der Waals surface area contributed by atoms with E-state index in [1.165, 1.54) is 70.6 Å². The monoisotopic (exact) mass is 1070 g/mol. The lowest BCUT2D eigenvalue weighted by Gasteiger charge is -2.18. The van der Waals surface area contributed by atoms with Crippen LogP contribution in [0, 0.1) is 0 Å². The number of carbonyl (C=O) groups is 3. The van der Waals surface area contributed by atoms with E-state index in [0.29, 0.717) is 25.7 Å². The van der Waals surface area contributed by atoms with E-state index in [4.69, 9.17) is 14.2 Å². The van der Waals surface area contributed by atoms with Crippen molar-refractivity contribution in [2.45, 2.75) is 264 Å². The summed E-state index contributed by atoms with van der Waals surface area (Å²) in [5, 5.41) is 0. The van der Waals surface area contributed by atoms with Gasteiger partial charge in [0.05, 0.1) is 0 Å². The lowest BCUT2D eigenvalue weighted by atomic mass is 10.1. The van der Waals surface area contributed by atoms with Crippen LogP contribution >= 0.6 is 0 Å². The quantitative estimate of drug-likeness (QED) is 0.0261. The van der Waals surface area contributed by atoms with Crippen LogP contribution in [0.15, 0.2) is 158 Å². The minimum Gasteiger partial charge on any atom is -0.462 e. The Hall–Kier alpha value is -4.97. The van der Waals surface area contributed by atoms with Crippen LogP contribution in [-0.4, -0.2) is 37.2 Å². The van der Waals surface area contributed by atoms with Crippen molar-refractivity contribution < 1.29 is 28.6 Å². The molecule has 0 aromatic rings. The summed E-state index contributed by atoms with van der Waals surface area (Å²) in [7, 11) is 0. The molecule has 1 atom stereocenters. The van der Waals surface area contributed by atoms with Crippen LogP contribution in [0.4, 0.5) is 0 Å². The van der Waals surface area contributed by atoms with E-state index in [-0.39, 0.29) is 31.1 Å². The van der Waals surface area contributed by atoms with E-state index in [1.54, 1.807) is 0 Å². The average Bonchev–Trinajstić information content (AvgIpc) is 3.44. The molecule has 6 heteroatoms. The van der Waals surface area contributed by atoms with Crippen LogP contribution < -0.4 is 0 Å². The molecule has 0 spiro atoms. The van der Waals surface area contributed by atoms with Gasteiger partial charge >= 0.3 is 17.9 Å². The van der Waals surface area contributed by atoms with Gasteiger partial charge in [-0.25, -0.2) is 0 Å². The van der Waals surface area contributed by atoms with E-state index >= 15 is 0 Å². The lowest BCUT2D eigenvalue weighted by molar-refractivity contribution is -0.167. The van der Waals surface area contributed by atoms with E-state index in [0.717, 1.165) is 141 Å². The summed E-state index contributed by atoms with van der Waals surface area (Å²) < 4.78 is 16.7. The van der Waals surface area contributed by atoms with Gasteiger partial charge in [-0.2, -0.15) is 0 Å². The fraction of sp³-hybridized carbons (Fsp3) is 0.597. The molecule has 0 aromatic heterocycles. The number of carbonyl (C=O) groups excluding carboxylic acids is 3. The Morgan fingerprint density at radius 2 is 0.500 bits per heavy atom. The molecule has 0 bridgehead atoms. The zero-order valence-electron chi connectivity index (χ0n) is 50.1. The highest BCUT2D eigenvalue weighted by molar-refractivity contribution is 5.71. The summed E-state index contributed by atoms with van der Waals surface area (Å²) in [5.41, 5.74) is 0. The third kappa shape index (κ3) is 61.9. The van der Waals surface area contributed by atoms with Gasteiger partial charge in [0.15, 0.2) is 6.10 Å². The minimum absolute atomic E-state index is 0.103. The molecule has 0 amide bonds. The zero-order chi connectivity index (χ0) is 56.4. The third-order valence-electron chi connectivity index (χ3n) is 12.8. The summed E-state index contributed by atoms with van der Waals surface area (Å²) in [4.78, 5) is 38.0. The van der Waals surface area contributed by atoms with Gasteiger partial charge in [0.2, 0.25) is 0 Å². The smallest absolute Gasteiger partial charge is 0.306 e. The van der Waals surface area contributed by atoms with Crippen molar-refractivity contribution in [3.8, 4) is 0 Å². The maximum atomic E-state index is 12.8. The minimum atomic E-state index is -0.807. The van der Waals surface area contributed by atoms with Crippen molar-refractivity contribution >= 4 is 17.9 Å². The van der Waals surface area contributed by atoms with Crippen LogP contribution in [0.3, 0.4) is 0 Å². The van der Waals surface area contributed by atoms with Crippen LogP contribution in [0.25, 0.3) is 0 Å². The molecule has 78 heavy (non-hydrogen) atoms. The maximum absolute atomic E-state index is 12.8. The number of hydrogen-bond donors (Lipinski definition) is 0. The Labute approximate surface area is 480 Å². The second-order valence-corrected chi connectivity index (χ2v) is 20.2. The molecule has 0 rings (SSSR count). The first-order valence-electron chi connectivity index (χ1n) is 31.5. The highest BCUT2D eigenvalue weighted by Crippen LogP contribution is 2.13. The molecule has 438 valence electrons. The molecular formula is C72H114O6. The van der Waals surface area contributed by atoms with E-state index in [1.807, 2.05) is 0 Å². The molecule has 0 fully saturated rings. The summed E-state index contributed by atoms with van der Waals surface area (Å²) >= 11 is 0. The Kier molecular flexibility index (Phi) is 60.4. The highest BCUT2D eigenvalue weighted by atomic mass is 16.6. The van der Waals surface area contributed by atoms with Crippen molar-refractivity contribution in [3.05, 3.63) is 158 Å². The first-order valence-corrected chi connectivity index (χ1v) is 31.5. The van der Waals surface area contributed by atoms with Crippen molar-refractivity contribution in [2.24, 2.45) is 0 Å². The first-order chi connectivity index (χ1) is 38.5. The largest absolute Gasteiger partial charge is 0.462 e. The van der Waals surface area contributed by atoms with Gasteiger partial charge in [0.1, 0.15) is 13.2 Å². The molecule has 1 unspecified atom stereocenters. The SMILES string of the molecule is CC/C=C\C/C=C\C/C=C\C/C=C\C/C=C\C/C=C\C/C=C\C/C=C\C/C=C\C/C=C\CCCCC(=O)OCC(COC(=O)CCCCCCCC)OC(=O)CCCCCCCC/C=C\C/C=C\C/C=C\CCCCCCC. The van der Waals surface area contributed by atoms with Gasteiger partial charge in [-0.3, -0.25) is 14.4 Å². The normalized spacial score (nSPS) is 13.2. The molecule has 0 radical (unpaired) electrons. The van der Waals surface area contributed by atoms with Gasteiger partial charge in [0.25, 0.3) is 0 Å². The number of ether oxygens (including phenoxy) is 3. The molecule has 0 N–H and O–H groups in total. The Morgan fingerprint density at radius 3 is 0.808 bits per heavy atom. The fourth-order valence-electron chi connectivity index (χ4n) is 8.06. The molecular weight excluding hydrogens is 961 g/mol. The number of esters is 3. The third-order valence-corrected chi connectivity index (χ3v) is 12.8. The molecule has 6 nitrogen and oxygen atoms in total. The van der Waals surface area contributed by atoms with Crippen molar-refractivity contribution in [1.82, 2.24) is 0 Å². The van der Waals surface area contributed by atoms with Gasteiger partial charge in [-0.1, -0.05) is 262 Å². The summed E-state index contributed by atoms with van der Waals surface area (Å²) in [6, 6.07) is 0. The van der Waals surface area contributed by atoms with Crippen molar-refractivity contribution in [1.29, 1.82) is 0 Å². The number of unbranched alkanes of at least 4 members (excludes halogenated alkanes) is 18. The first kappa shape index (κ1) is 73.0. The Balaban J connectivity index is 4.26. The van der Waals surface area contributed by atoms with Crippen LogP contribution in [0.2, 0.25) is 0 Å². The predicted molar refractivity (Wildman–Crippen MR) is 338 cm³/mol. The van der Waals surface area contributed by atoms with Crippen molar-refractivity contribution in [2.75, 3.05) is 13.2 Å². The van der Waals surface area contributed by atoms with Gasteiger partial charge in [0, 0.05) is 19.3 Å². The molecule has 0 aliphatic heterocycles. The molecule has 0 aliphatic rings. The van der Waals surface area contributed by atoms with E-state index in [2.05, 4.69) is 179 Å². The Bertz CT molecular complexity index is 1760. The van der Waals surface area contributed by atoms with Gasteiger partial charge in [-0.15, -0.1) is 0 Å². The molecule has 0 aromatic carbocycles.